The molecule has 0 saturated carbocycles. The average Bonchev–Trinajstić information content (AvgIpc) is 3.03. The van der Waals surface area contributed by atoms with E-state index >= 15 is 0 Å². The van der Waals surface area contributed by atoms with Crippen molar-refractivity contribution in [2.45, 2.75) is 32.6 Å². The van der Waals surface area contributed by atoms with Gasteiger partial charge in [0.25, 0.3) is 5.89 Å². The molecule has 2 aromatic carbocycles. The fourth-order valence-corrected chi connectivity index (χ4v) is 2.58. The highest BCUT2D eigenvalue weighted by molar-refractivity contribution is 5.54. The maximum atomic E-state index is 5.42. The van der Waals surface area contributed by atoms with Gasteiger partial charge in [-0.15, -0.1) is 0 Å². The van der Waals surface area contributed by atoms with Crippen molar-refractivity contribution < 1.29 is 9.26 Å². The molecule has 0 aliphatic heterocycles. The van der Waals surface area contributed by atoms with Crippen molar-refractivity contribution in [1.82, 2.24) is 10.1 Å². The normalized spacial score (nSPS) is 11.5. The molecule has 0 fully saturated rings. The summed E-state index contributed by atoms with van der Waals surface area (Å²) in [6.07, 6.45) is 0.577. The van der Waals surface area contributed by atoms with Gasteiger partial charge in [0.05, 0.1) is 7.11 Å². The highest BCUT2D eigenvalue weighted by Gasteiger charge is 2.15. The second-order valence-electron chi connectivity index (χ2n) is 6.83. The van der Waals surface area contributed by atoms with Crippen molar-refractivity contribution >= 4 is 0 Å². The lowest BCUT2D eigenvalue weighted by molar-refractivity contribution is 0.408. The third-order valence-corrected chi connectivity index (χ3v) is 4.01. The number of aromatic nitrogens is 2. The minimum Gasteiger partial charge on any atom is -0.496 e. The van der Waals surface area contributed by atoms with Crippen LogP contribution in [0.1, 0.15) is 37.7 Å². The van der Waals surface area contributed by atoms with E-state index in [0.29, 0.717) is 18.1 Å². The molecule has 0 unspecified atom stereocenters. The monoisotopic (exact) mass is 322 g/mol. The Morgan fingerprint density at radius 3 is 2.38 bits per heavy atom. The van der Waals surface area contributed by atoms with Crippen LogP contribution >= 0.6 is 0 Å². The van der Waals surface area contributed by atoms with Crippen LogP contribution in [0, 0.1) is 0 Å². The van der Waals surface area contributed by atoms with Crippen molar-refractivity contribution in [3.63, 3.8) is 0 Å². The summed E-state index contributed by atoms with van der Waals surface area (Å²) in [5.74, 6) is 2.02. The van der Waals surface area contributed by atoms with Gasteiger partial charge >= 0.3 is 0 Å². The summed E-state index contributed by atoms with van der Waals surface area (Å²) in [6.45, 7) is 6.58. The highest BCUT2D eigenvalue weighted by Crippen LogP contribution is 2.26. The zero-order valence-electron chi connectivity index (χ0n) is 14.5. The molecule has 0 radical (unpaired) electrons. The SMILES string of the molecule is COc1ccccc1Cc1noc(-c2ccc(C(C)(C)C)cc2)n1. The van der Waals surface area contributed by atoms with E-state index in [2.05, 4.69) is 43.0 Å². The third-order valence-electron chi connectivity index (χ3n) is 4.01. The first-order valence-corrected chi connectivity index (χ1v) is 8.03. The zero-order chi connectivity index (χ0) is 17.2. The number of nitrogens with zero attached hydrogens (tertiary/aromatic N) is 2. The first-order valence-electron chi connectivity index (χ1n) is 8.03. The predicted molar refractivity (Wildman–Crippen MR) is 94.2 cm³/mol. The molecule has 0 N–H and O–H groups in total. The van der Waals surface area contributed by atoms with E-state index in [4.69, 9.17) is 9.26 Å². The van der Waals surface area contributed by atoms with Crippen molar-refractivity contribution in [3.8, 4) is 17.2 Å². The van der Waals surface area contributed by atoms with Crippen molar-refractivity contribution in [2.24, 2.45) is 0 Å². The van der Waals surface area contributed by atoms with Gasteiger partial charge in [-0.3, -0.25) is 0 Å². The Kier molecular flexibility index (Phi) is 4.38. The van der Waals surface area contributed by atoms with Gasteiger partial charge in [-0.25, -0.2) is 0 Å². The fraction of sp³-hybridized carbons (Fsp3) is 0.300. The Morgan fingerprint density at radius 2 is 1.71 bits per heavy atom. The zero-order valence-corrected chi connectivity index (χ0v) is 14.5. The molecule has 1 heterocycles. The van der Waals surface area contributed by atoms with E-state index < -0.39 is 0 Å². The standard InChI is InChI=1S/C20H22N2O2/c1-20(2,3)16-11-9-14(10-12-16)19-21-18(22-24-19)13-15-7-5-6-8-17(15)23-4/h5-12H,13H2,1-4H3. The summed E-state index contributed by atoms with van der Waals surface area (Å²) in [6, 6.07) is 16.1. The van der Waals surface area contributed by atoms with Crippen LogP contribution in [0.25, 0.3) is 11.5 Å². The average molecular weight is 322 g/mol. The molecule has 24 heavy (non-hydrogen) atoms. The van der Waals surface area contributed by atoms with Crippen LogP contribution in [0.3, 0.4) is 0 Å². The van der Waals surface area contributed by atoms with Crippen LogP contribution in [-0.4, -0.2) is 17.3 Å². The summed E-state index contributed by atoms with van der Waals surface area (Å²) in [7, 11) is 1.66. The molecule has 1 aromatic heterocycles. The molecule has 0 saturated heterocycles. The number of ether oxygens (including phenoxy) is 1. The van der Waals surface area contributed by atoms with Crippen LogP contribution in [0.2, 0.25) is 0 Å². The van der Waals surface area contributed by atoms with Crippen molar-refractivity contribution in [1.29, 1.82) is 0 Å². The summed E-state index contributed by atoms with van der Waals surface area (Å²) < 4.78 is 10.8. The summed E-state index contributed by atoms with van der Waals surface area (Å²) in [5.41, 5.74) is 3.37. The molecule has 4 nitrogen and oxygen atoms in total. The lowest BCUT2D eigenvalue weighted by atomic mass is 9.87. The van der Waals surface area contributed by atoms with Crippen LogP contribution in [0.4, 0.5) is 0 Å². The lowest BCUT2D eigenvalue weighted by Crippen LogP contribution is -2.10. The number of para-hydroxylation sites is 1. The molecular formula is C20H22N2O2. The number of benzene rings is 2. The smallest absolute Gasteiger partial charge is 0.257 e. The second kappa shape index (κ2) is 6.48. The van der Waals surface area contributed by atoms with Gasteiger partial charge in [-0.2, -0.15) is 4.98 Å². The molecule has 0 spiro atoms. The van der Waals surface area contributed by atoms with E-state index in [-0.39, 0.29) is 5.41 Å². The van der Waals surface area contributed by atoms with Crippen LogP contribution < -0.4 is 4.74 Å². The molecule has 0 aliphatic carbocycles. The lowest BCUT2D eigenvalue weighted by Gasteiger charge is -2.18. The maximum absolute atomic E-state index is 5.42. The first kappa shape index (κ1) is 16.2. The molecule has 0 atom stereocenters. The predicted octanol–water partition coefficient (Wildman–Crippen LogP) is 4.63. The Bertz CT molecular complexity index is 814. The van der Waals surface area contributed by atoms with Gasteiger partial charge in [-0.1, -0.05) is 56.3 Å². The number of hydrogen-bond donors (Lipinski definition) is 0. The Hall–Kier alpha value is -2.62. The molecule has 0 bridgehead atoms. The van der Waals surface area contributed by atoms with E-state index in [0.717, 1.165) is 16.9 Å². The molecule has 3 rings (SSSR count). The summed E-state index contributed by atoms with van der Waals surface area (Å²) in [4.78, 5) is 4.51. The molecule has 0 aliphatic rings. The largest absolute Gasteiger partial charge is 0.496 e. The molecule has 0 amide bonds. The Balaban J connectivity index is 1.80. The molecule has 4 heteroatoms. The van der Waals surface area contributed by atoms with Gasteiger partial charge in [0.2, 0.25) is 0 Å². The number of hydrogen-bond acceptors (Lipinski definition) is 4. The van der Waals surface area contributed by atoms with Crippen molar-refractivity contribution in [3.05, 3.63) is 65.5 Å². The van der Waals surface area contributed by atoms with E-state index in [1.807, 2.05) is 36.4 Å². The Labute approximate surface area is 142 Å². The Morgan fingerprint density at radius 1 is 1.00 bits per heavy atom. The van der Waals surface area contributed by atoms with Gasteiger partial charge in [0.1, 0.15) is 5.75 Å². The van der Waals surface area contributed by atoms with Crippen LogP contribution in [-0.2, 0) is 11.8 Å². The van der Waals surface area contributed by atoms with Crippen LogP contribution in [0.5, 0.6) is 5.75 Å². The van der Waals surface area contributed by atoms with Gasteiger partial charge in [0, 0.05) is 17.5 Å². The van der Waals surface area contributed by atoms with E-state index in [9.17, 15) is 0 Å². The molecule has 3 aromatic rings. The van der Waals surface area contributed by atoms with Gasteiger partial charge in [0.15, 0.2) is 5.82 Å². The number of rotatable bonds is 4. The molecule has 124 valence electrons. The fourth-order valence-electron chi connectivity index (χ4n) is 2.58. The van der Waals surface area contributed by atoms with Gasteiger partial charge < -0.3 is 9.26 Å². The first-order chi connectivity index (χ1) is 11.5. The number of methoxy groups -OCH3 is 1. The van der Waals surface area contributed by atoms with E-state index in [1.165, 1.54) is 5.56 Å². The summed E-state index contributed by atoms with van der Waals surface area (Å²) >= 11 is 0. The topological polar surface area (TPSA) is 48.2 Å². The minimum atomic E-state index is 0.127. The summed E-state index contributed by atoms with van der Waals surface area (Å²) in [5, 5.41) is 4.09. The third kappa shape index (κ3) is 3.48. The quantitative estimate of drug-likeness (QED) is 0.702. The van der Waals surface area contributed by atoms with Crippen LogP contribution in [0.15, 0.2) is 53.1 Å². The second-order valence-corrected chi connectivity index (χ2v) is 6.83. The minimum absolute atomic E-state index is 0.127. The van der Waals surface area contributed by atoms with Gasteiger partial charge in [-0.05, 0) is 29.2 Å². The van der Waals surface area contributed by atoms with E-state index in [1.54, 1.807) is 7.11 Å². The molecular weight excluding hydrogens is 300 g/mol. The van der Waals surface area contributed by atoms with Crippen molar-refractivity contribution in [2.75, 3.05) is 7.11 Å². The maximum Gasteiger partial charge on any atom is 0.257 e. The highest BCUT2D eigenvalue weighted by atomic mass is 16.5.